The molecule has 45 heavy (non-hydrogen) atoms. The Morgan fingerprint density at radius 3 is 1.31 bits per heavy atom. The van der Waals surface area contributed by atoms with E-state index in [9.17, 15) is 19.8 Å². The van der Waals surface area contributed by atoms with Crippen LogP contribution in [0.25, 0.3) is 0 Å². The van der Waals surface area contributed by atoms with Crippen LogP contribution in [0.2, 0.25) is 0 Å². The van der Waals surface area contributed by atoms with Crippen molar-refractivity contribution in [1.82, 2.24) is 0 Å². The average molecular weight is 639 g/mol. The van der Waals surface area contributed by atoms with Crippen LogP contribution in [0.1, 0.15) is 152 Å². The normalized spacial score (nSPS) is 33.4. The topological polar surface area (TPSA) is 80.3 Å². The van der Waals surface area contributed by atoms with Crippen molar-refractivity contribution in [2.75, 3.05) is 0 Å². The van der Waals surface area contributed by atoms with E-state index < -0.39 is 22.8 Å². The number of aliphatic carboxylic acids is 2. The van der Waals surface area contributed by atoms with Gasteiger partial charge in [0, 0.05) is 22.8 Å². The smallest absolute Gasteiger partial charge is 0.550 e. The van der Waals surface area contributed by atoms with E-state index in [1.165, 1.54) is 33.4 Å². The van der Waals surface area contributed by atoms with Crippen molar-refractivity contribution >= 4 is 49.7 Å². The van der Waals surface area contributed by atoms with E-state index in [1.807, 2.05) is 13.8 Å². The minimum Gasteiger partial charge on any atom is -0.550 e. The monoisotopic (exact) mass is 638 g/mol. The molecule has 4 aliphatic rings. The number of hydrogen-bond donors (Lipinski definition) is 0. The third-order valence-corrected chi connectivity index (χ3v) is 13.0. The Bertz CT molecular complexity index is 1320. The standard InChI is InChI=1S/2C20H28O2.Ca/c2*1-13(2)14-6-8-16-15(12-14)7-9-17-19(16,3)10-5-11-20(17,4)18(21)22;/h2*6,8,12-13,17H,5,7,9-11H2,1-4H3,(H,21,22);/q;;+2/p-2/t2*17-,19-,20-;/m11./s1. The first-order valence-corrected chi connectivity index (χ1v) is 17.3. The second-order valence-corrected chi connectivity index (χ2v) is 16.3. The second-order valence-electron chi connectivity index (χ2n) is 16.3. The maximum Gasteiger partial charge on any atom is 2.00 e. The first-order chi connectivity index (χ1) is 20.6. The number of aryl methyl sites for hydroxylation is 2. The summed E-state index contributed by atoms with van der Waals surface area (Å²) in [6.45, 7) is 17.3. The molecular formula is C40H54CaO4. The van der Waals surface area contributed by atoms with E-state index in [0.29, 0.717) is 11.8 Å². The molecule has 2 aromatic carbocycles. The molecule has 240 valence electrons. The van der Waals surface area contributed by atoms with Gasteiger partial charge in [0.25, 0.3) is 0 Å². The van der Waals surface area contributed by atoms with Crippen LogP contribution in [-0.2, 0) is 33.3 Å². The van der Waals surface area contributed by atoms with Gasteiger partial charge in [-0.2, -0.15) is 0 Å². The molecule has 0 radical (unpaired) electrons. The van der Waals surface area contributed by atoms with Gasteiger partial charge in [0.15, 0.2) is 0 Å². The van der Waals surface area contributed by atoms with E-state index in [4.69, 9.17) is 0 Å². The molecular weight excluding hydrogens is 585 g/mol. The van der Waals surface area contributed by atoms with Gasteiger partial charge in [0.05, 0.1) is 0 Å². The van der Waals surface area contributed by atoms with Crippen molar-refractivity contribution in [3.05, 3.63) is 69.8 Å². The number of carboxylic acid groups (broad SMARTS) is 2. The molecule has 0 heterocycles. The molecule has 6 rings (SSSR count). The number of carboxylic acids is 2. The Morgan fingerprint density at radius 2 is 1.00 bits per heavy atom. The van der Waals surface area contributed by atoms with Crippen LogP contribution in [0, 0.1) is 22.7 Å². The van der Waals surface area contributed by atoms with Crippen LogP contribution in [0.4, 0.5) is 0 Å². The third kappa shape index (κ3) is 6.19. The van der Waals surface area contributed by atoms with Crippen molar-refractivity contribution in [2.24, 2.45) is 22.7 Å². The van der Waals surface area contributed by atoms with E-state index >= 15 is 0 Å². The van der Waals surface area contributed by atoms with Gasteiger partial charge in [0.1, 0.15) is 0 Å². The van der Waals surface area contributed by atoms with Gasteiger partial charge in [-0.1, -0.05) is 105 Å². The summed E-state index contributed by atoms with van der Waals surface area (Å²) >= 11 is 0. The zero-order chi connectivity index (χ0) is 32.2. The van der Waals surface area contributed by atoms with Gasteiger partial charge < -0.3 is 19.8 Å². The Balaban J connectivity index is 0.000000200. The fraction of sp³-hybridized carbons (Fsp3) is 0.650. The molecule has 0 aliphatic heterocycles. The van der Waals surface area contributed by atoms with E-state index in [1.54, 1.807) is 0 Å². The second kappa shape index (κ2) is 13.3. The molecule has 2 saturated carbocycles. The number of carbonyl (C=O) groups is 2. The zero-order valence-electron chi connectivity index (χ0n) is 29.2. The molecule has 0 saturated heterocycles. The number of fused-ring (bicyclic) bond motifs is 6. The Hall–Kier alpha value is -1.36. The fourth-order valence-electron chi connectivity index (χ4n) is 10.2. The van der Waals surface area contributed by atoms with Crippen molar-refractivity contribution in [1.29, 1.82) is 0 Å². The van der Waals surface area contributed by atoms with Gasteiger partial charge in [-0.3, -0.25) is 0 Å². The first kappa shape index (κ1) is 36.5. The number of hydrogen-bond acceptors (Lipinski definition) is 4. The van der Waals surface area contributed by atoms with Crippen LogP contribution in [0.5, 0.6) is 0 Å². The summed E-state index contributed by atoms with van der Waals surface area (Å²) in [6, 6.07) is 13.7. The average Bonchev–Trinajstić information content (AvgIpc) is 2.96. The van der Waals surface area contributed by atoms with Gasteiger partial charge in [0.2, 0.25) is 0 Å². The number of carbonyl (C=O) groups excluding carboxylic acids is 2. The zero-order valence-corrected chi connectivity index (χ0v) is 31.4. The molecule has 4 aliphatic carbocycles. The van der Waals surface area contributed by atoms with Crippen molar-refractivity contribution in [3.8, 4) is 0 Å². The molecule has 4 nitrogen and oxygen atoms in total. The molecule has 0 N–H and O–H groups in total. The summed E-state index contributed by atoms with van der Waals surface area (Å²) in [5, 5.41) is 23.6. The summed E-state index contributed by atoms with van der Waals surface area (Å²) < 4.78 is 0. The maximum atomic E-state index is 11.8. The van der Waals surface area contributed by atoms with Crippen LogP contribution in [0.3, 0.4) is 0 Å². The molecule has 0 spiro atoms. The Morgan fingerprint density at radius 1 is 0.644 bits per heavy atom. The summed E-state index contributed by atoms with van der Waals surface area (Å²) in [5.74, 6) is -0.255. The van der Waals surface area contributed by atoms with Crippen molar-refractivity contribution in [3.63, 3.8) is 0 Å². The first-order valence-electron chi connectivity index (χ1n) is 17.3. The molecule has 0 amide bonds. The summed E-state index contributed by atoms with van der Waals surface area (Å²) in [6.07, 6.45) is 9.59. The van der Waals surface area contributed by atoms with E-state index in [2.05, 4.69) is 77.9 Å². The molecule has 2 aromatic rings. The predicted molar refractivity (Wildman–Crippen MR) is 179 cm³/mol. The molecule has 2 fully saturated rings. The van der Waals surface area contributed by atoms with Crippen LogP contribution < -0.4 is 10.2 Å². The molecule has 0 unspecified atom stereocenters. The number of benzene rings is 2. The van der Waals surface area contributed by atoms with Crippen LogP contribution in [-0.4, -0.2) is 49.7 Å². The van der Waals surface area contributed by atoms with Gasteiger partial charge in [-0.05, 0) is 119 Å². The quantitative estimate of drug-likeness (QED) is 0.347. The maximum absolute atomic E-state index is 11.8. The third-order valence-electron chi connectivity index (χ3n) is 13.0. The number of rotatable bonds is 4. The van der Waals surface area contributed by atoms with Gasteiger partial charge >= 0.3 is 37.7 Å². The van der Waals surface area contributed by atoms with E-state index in [0.717, 1.165) is 64.2 Å². The molecule has 0 bridgehead atoms. The minimum absolute atomic E-state index is 0. The van der Waals surface area contributed by atoms with E-state index in [-0.39, 0.29) is 60.4 Å². The summed E-state index contributed by atoms with van der Waals surface area (Å²) in [5.41, 5.74) is 7.04. The van der Waals surface area contributed by atoms with Gasteiger partial charge in [-0.15, -0.1) is 0 Å². The Kier molecular flexibility index (Phi) is 10.8. The fourth-order valence-corrected chi connectivity index (χ4v) is 10.2. The minimum atomic E-state index is -0.856. The van der Waals surface area contributed by atoms with Crippen LogP contribution in [0.15, 0.2) is 36.4 Å². The van der Waals surface area contributed by atoms with Crippen molar-refractivity contribution < 1.29 is 19.8 Å². The molecule has 6 atom stereocenters. The summed E-state index contributed by atoms with van der Waals surface area (Å²) in [4.78, 5) is 23.6. The predicted octanol–water partition coefficient (Wildman–Crippen LogP) is 6.76. The summed E-state index contributed by atoms with van der Waals surface area (Å²) in [7, 11) is 0. The Labute approximate surface area is 302 Å². The SMILES string of the molecule is CC(C)c1ccc2c(c1)CC[C@H]1[C@](C)(C(=O)[O-])CCC[C@]21C.CC(C)c1ccc2c(c1)CC[C@H]1[C@](C)(C(=O)[O-])CCC[C@]21C.[Ca+2]. The molecule has 5 heteroatoms. The van der Waals surface area contributed by atoms with Crippen molar-refractivity contribution in [2.45, 2.75) is 142 Å². The van der Waals surface area contributed by atoms with Crippen LogP contribution >= 0.6 is 0 Å². The van der Waals surface area contributed by atoms with Gasteiger partial charge in [-0.25, -0.2) is 0 Å². The molecule has 0 aromatic heterocycles. The largest absolute Gasteiger partial charge is 2.00 e.